The van der Waals surface area contributed by atoms with Gasteiger partial charge >= 0.3 is 18.4 Å². The van der Waals surface area contributed by atoms with Crippen molar-refractivity contribution < 1.29 is 49.0 Å². The molecule has 0 radical (unpaired) electrons. The molecule has 0 fully saturated rings. The van der Waals surface area contributed by atoms with E-state index in [1.807, 2.05) is 0 Å². The van der Waals surface area contributed by atoms with Gasteiger partial charge in [-0.1, -0.05) is 0 Å². The van der Waals surface area contributed by atoms with Gasteiger partial charge in [-0.25, -0.2) is 13.6 Å². The van der Waals surface area contributed by atoms with Gasteiger partial charge < -0.3 is 14.4 Å². The molecule has 2 N–H and O–H groups in total. The minimum absolute atomic E-state index is 0.0548. The number of hydrogen-bond donors (Lipinski definition) is 1. The molecule has 0 aromatic heterocycles. The normalized spacial score (nSPS) is 12.4. The zero-order chi connectivity index (χ0) is 24.5. The summed E-state index contributed by atoms with van der Waals surface area (Å²) < 4.78 is 107. The number of rotatable bonds is 6. The molecule has 15 heteroatoms. The Hall–Kier alpha value is -2.52. The summed E-state index contributed by atoms with van der Waals surface area (Å²) >= 11 is 2.96. The standard InChI is InChI=1S/C17H13BrF6N2O5S/c1-26(15(27)16(19,20)21)8-9-6-14(32(25,28)29)12(18)7-13(9)30-10-2-4-11(5-3-10)31-17(22,23)24/h2-7H,8H2,1H3,(H2,25,28,29). The molecule has 0 spiro atoms. The number of ether oxygens (including phenoxy) is 2. The molecule has 2 aromatic carbocycles. The maximum absolute atomic E-state index is 12.7. The van der Waals surface area contributed by atoms with Crippen LogP contribution < -0.4 is 14.6 Å². The molecule has 0 aliphatic rings. The van der Waals surface area contributed by atoms with Crippen LogP contribution in [0.15, 0.2) is 45.8 Å². The minimum atomic E-state index is -5.18. The lowest BCUT2D eigenvalue weighted by atomic mass is 10.2. The molecular weight excluding hydrogens is 538 g/mol. The van der Waals surface area contributed by atoms with Gasteiger partial charge in [-0.15, -0.1) is 13.2 Å². The SMILES string of the molecule is CN(Cc1cc(S(N)(=O)=O)c(Br)cc1Oc1ccc(OC(F)(F)F)cc1)C(=O)C(F)(F)F. The summed E-state index contributed by atoms with van der Waals surface area (Å²) in [6.45, 7) is -0.723. The molecule has 32 heavy (non-hydrogen) atoms. The lowest BCUT2D eigenvalue weighted by Crippen LogP contribution is -2.38. The number of alkyl halides is 6. The highest BCUT2D eigenvalue weighted by Gasteiger charge is 2.41. The van der Waals surface area contributed by atoms with Crippen LogP contribution in [-0.2, 0) is 21.4 Å². The van der Waals surface area contributed by atoms with E-state index in [2.05, 4.69) is 20.7 Å². The van der Waals surface area contributed by atoms with E-state index in [0.29, 0.717) is 0 Å². The minimum Gasteiger partial charge on any atom is -0.457 e. The molecule has 0 unspecified atom stereocenters. The number of halogens is 7. The lowest BCUT2D eigenvalue weighted by molar-refractivity contribution is -0.274. The van der Waals surface area contributed by atoms with Crippen LogP contribution in [0.2, 0.25) is 0 Å². The zero-order valence-corrected chi connectivity index (χ0v) is 18.2. The van der Waals surface area contributed by atoms with Crippen LogP contribution >= 0.6 is 15.9 Å². The topological polar surface area (TPSA) is 98.9 Å². The van der Waals surface area contributed by atoms with Crippen molar-refractivity contribution in [1.29, 1.82) is 0 Å². The van der Waals surface area contributed by atoms with Crippen LogP contribution in [0, 0.1) is 0 Å². The van der Waals surface area contributed by atoms with E-state index in [-0.39, 0.29) is 26.4 Å². The number of carbonyl (C=O) groups excluding carboxylic acids is 1. The summed E-state index contributed by atoms with van der Waals surface area (Å²) in [5.41, 5.74) is -0.173. The van der Waals surface area contributed by atoms with Gasteiger partial charge in [0.15, 0.2) is 0 Å². The van der Waals surface area contributed by atoms with Crippen LogP contribution in [0.3, 0.4) is 0 Å². The van der Waals surface area contributed by atoms with Crippen molar-refractivity contribution >= 4 is 31.9 Å². The number of nitrogens with two attached hydrogens (primary N) is 1. The summed E-state index contributed by atoms with van der Waals surface area (Å²) in [4.78, 5) is 11.2. The molecule has 2 rings (SSSR count). The fourth-order valence-electron chi connectivity index (χ4n) is 2.39. The third-order valence-corrected chi connectivity index (χ3v) is 5.57. The van der Waals surface area contributed by atoms with Gasteiger partial charge in [0.1, 0.15) is 17.2 Å². The maximum Gasteiger partial charge on any atom is 0.573 e. The van der Waals surface area contributed by atoms with Crippen LogP contribution in [0.5, 0.6) is 17.2 Å². The predicted molar refractivity (Wildman–Crippen MR) is 101 cm³/mol. The number of primary sulfonamides is 1. The zero-order valence-electron chi connectivity index (χ0n) is 15.8. The third-order valence-electron chi connectivity index (χ3n) is 3.70. The molecule has 0 saturated heterocycles. The Bertz CT molecular complexity index is 1100. The Morgan fingerprint density at radius 3 is 2.06 bits per heavy atom. The maximum atomic E-state index is 12.7. The number of sulfonamides is 1. The number of carbonyl (C=O) groups is 1. The van der Waals surface area contributed by atoms with E-state index in [9.17, 15) is 39.6 Å². The first-order chi connectivity index (χ1) is 14.5. The van der Waals surface area contributed by atoms with Gasteiger partial charge in [-0.3, -0.25) is 4.79 Å². The fraction of sp³-hybridized carbons (Fsp3) is 0.235. The van der Waals surface area contributed by atoms with Crippen molar-refractivity contribution in [1.82, 2.24) is 4.90 Å². The van der Waals surface area contributed by atoms with Crippen LogP contribution in [0.1, 0.15) is 5.56 Å². The second-order valence-electron chi connectivity index (χ2n) is 6.22. The number of hydrogen-bond acceptors (Lipinski definition) is 5. The monoisotopic (exact) mass is 550 g/mol. The summed E-state index contributed by atoms with van der Waals surface area (Å²) in [7, 11) is -3.47. The van der Waals surface area contributed by atoms with Crippen LogP contribution in [0.4, 0.5) is 26.3 Å². The molecule has 176 valence electrons. The van der Waals surface area contributed by atoms with E-state index >= 15 is 0 Å². The van der Waals surface area contributed by atoms with Crippen molar-refractivity contribution in [2.45, 2.75) is 24.0 Å². The van der Waals surface area contributed by atoms with E-state index in [1.54, 1.807) is 0 Å². The number of amides is 1. The molecule has 1 amide bonds. The summed E-state index contributed by atoms with van der Waals surface area (Å²) in [6, 6.07) is 6.01. The predicted octanol–water partition coefficient (Wildman–Crippen LogP) is 4.31. The Morgan fingerprint density at radius 2 is 1.59 bits per heavy atom. The van der Waals surface area contributed by atoms with Crippen molar-refractivity contribution in [3.63, 3.8) is 0 Å². The van der Waals surface area contributed by atoms with Crippen molar-refractivity contribution in [3.05, 3.63) is 46.4 Å². The van der Waals surface area contributed by atoms with Gasteiger partial charge in [0.05, 0.1) is 4.90 Å². The highest BCUT2D eigenvalue weighted by Crippen LogP contribution is 2.35. The smallest absolute Gasteiger partial charge is 0.457 e. The first-order valence-electron chi connectivity index (χ1n) is 8.18. The molecule has 0 bridgehead atoms. The average molecular weight is 551 g/mol. The molecule has 0 atom stereocenters. The summed E-state index contributed by atoms with van der Waals surface area (Å²) in [5.74, 6) is -2.99. The van der Waals surface area contributed by atoms with Gasteiger partial charge in [0.2, 0.25) is 10.0 Å². The summed E-state index contributed by atoms with van der Waals surface area (Å²) in [5, 5.41) is 5.09. The Morgan fingerprint density at radius 1 is 1.06 bits per heavy atom. The molecule has 0 aliphatic heterocycles. The summed E-state index contributed by atoms with van der Waals surface area (Å²) in [6.07, 6.45) is -10.1. The highest BCUT2D eigenvalue weighted by molar-refractivity contribution is 9.10. The van der Waals surface area contributed by atoms with Gasteiger partial charge in [0.25, 0.3) is 0 Å². The van der Waals surface area contributed by atoms with Gasteiger partial charge in [-0.05, 0) is 52.3 Å². The average Bonchev–Trinajstić information content (AvgIpc) is 2.61. The van der Waals surface area contributed by atoms with Crippen molar-refractivity contribution in [2.75, 3.05) is 7.05 Å². The third kappa shape index (κ3) is 7.00. The van der Waals surface area contributed by atoms with Crippen LogP contribution in [0.25, 0.3) is 0 Å². The fourth-order valence-corrected chi connectivity index (χ4v) is 4.03. The lowest BCUT2D eigenvalue weighted by Gasteiger charge is -2.21. The first-order valence-corrected chi connectivity index (χ1v) is 10.5. The molecule has 7 nitrogen and oxygen atoms in total. The van der Waals surface area contributed by atoms with Crippen molar-refractivity contribution in [2.24, 2.45) is 5.14 Å². The Kier molecular flexibility index (Phi) is 7.36. The highest BCUT2D eigenvalue weighted by atomic mass is 79.9. The Balaban J connectivity index is 2.42. The molecule has 0 heterocycles. The number of nitrogens with zero attached hydrogens (tertiary/aromatic N) is 1. The molecule has 0 aliphatic carbocycles. The first kappa shape index (κ1) is 25.7. The van der Waals surface area contributed by atoms with E-state index in [4.69, 9.17) is 9.88 Å². The van der Waals surface area contributed by atoms with Crippen LogP contribution in [-0.4, -0.2) is 38.8 Å². The quantitative estimate of drug-likeness (QED) is 0.540. The second kappa shape index (κ2) is 9.15. The van der Waals surface area contributed by atoms with E-state index in [1.165, 1.54) is 0 Å². The van der Waals surface area contributed by atoms with E-state index < -0.39 is 45.7 Å². The Labute approximate surface area is 185 Å². The molecular formula is C17H13BrF6N2O5S. The van der Waals surface area contributed by atoms with Crippen molar-refractivity contribution in [3.8, 4) is 17.2 Å². The second-order valence-corrected chi connectivity index (χ2v) is 8.60. The largest absolute Gasteiger partial charge is 0.573 e. The van der Waals surface area contributed by atoms with E-state index in [0.717, 1.165) is 43.4 Å². The molecule has 0 saturated carbocycles. The number of benzene rings is 2. The molecule has 2 aromatic rings. The van der Waals surface area contributed by atoms with Gasteiger partial charge in [0, 0.05) is 23.6 Å². The van der Waals surface area contributed by atoms with Gasteiger partial charge in [-0.2, -0.15) is 13.2 Å².